The highest BCUT2D eigenvalue weighted by Gasteiger charge is 2.32. The molecule has 10 heteroatoms. The van der Waals surface area contributed by atoms with Crippen molar-refractivity contribution in [2.45, 2.75) is 16.7 Å². The minimum Gasteiger partial charge on any atom is -0.468 e. The second-order valence-electron chi connectivity index (χ2n) is 6.25. The maximum absolute atomic E-state index is 13.2. The van der Waals surface area contributed by atoms with Crippen LogP contribution in [0.1, 0.15) is 16.6 Å². The summed E-state index contributed by atoms with van der Waals surface area (Å²) in [5.41, 5.74) is 0.749. The Morgan fingerprint density at radius 2 is 1.67 bits per heavy atom. The number of carbonyl (C=O) groups is 2. The van der Waals surface area contributed by atoms with Gasteiger partial charge in [0, 0.05) is 25.5 Å². The van der Waals surface area contributed by atoms with Gasteiger partial charge in [-0.05, 0) is 54.1 Å². The number of pyridine rings is 1. The molecule has 3 rings (SSSR count). The van der Waals surface area contributed by atoms with E-state index in [4.69, 9.17) is 4.42 Å². The monoisotopic (exact) mass is 431 g/mol. The van der Waals surface area contributed by atoms with Crippen LogP contribution in [-0.4, -0.2) is 31.8 Å². The number of sulfone groups is 1. The summed E-state index contributed by atoms with van der Waals surface area (Å²) >= 11 is 0. The highest BCUT2D eigenvalue weighted by Crippen LogP contribution is 2.29. The van der Waals surface area contributed by atoms with Crippen molar-refractivity contribution in [2.24, 2.45) is 0 Å². The first-order valence-corrected chi connectivity index (χ1v) is 10.4. The Hall–Kier alpha value is -3.53. The van der Waals surface area contributed by atoms with E-state index >= 15 is 0 Å². The van der Waals surface area contributed by atoms with Gasteiger partial charge in [-0.1, -0.05) is 0 Å². The van der Waals surface area contributed by atoms with Crippen molar-refractivity contribution in [3.8, 4) is 0 Å². The SMILES string of the molecule is O=C(NCc1ccncc1)C(=O)NCC(c1ccco1)S(=O)(=O)c1ccc(F)cc1. The molecule has 0 aliphatic carbocycles. The fourth-order valence-electron chi connectivity index (χ4n) is 2.66. The first kappa shape index (κ1) is 21.2. The molecule has 0 bridgehead atoms. The third-order valence-electron chi connectivity index (χ3n) is 4.23. The number of carbonyl (C=O) groups excluding carboxylic acids is 2. The van der Waals surface area contributed by atoms with Crippen molar-refractivity contribution in [3.63, 3.8) is 0 Å². The molecule has 1 aromatic carbocycles. The molecular weight excluding hydrogens is 413 g/mol. The van der Waals surface area contributed by atoms with Gasteiger partial charge >= 0.3 is 11.8 Å². The number of aromatic nitrogens is 1. The van der Waals surface area contributed by atoms with Crippen molar-refractivity contribution in [3.05, 3.63) is 84.3 Å². The molecule has 0 aliphatic heterocycles. The lowest BCUT2D eigenvalue weighted by Crippen LogP contribution is -2.42. The third kappa shape index (κ3) is 5.09. The summed E-state index contributed by atoms with van der Waals surface area (Å²) in [5.74, 6) is -2.40. The summed E-state index contributed by atoms with van der Waals surface area (Å²) in [7, 11) is -4.03. The molecule has 30 heavy (non-hydrogen) atoms. The lowest BCUT2D eigenvalue weighted by Gasteiger charge is -2.16. The average Bonchev–Trinajstić information content (AvgIpc) is 3.27. The second-order valence-corrected chi connectivity index (χ2v) is 8.38. The van der Waals surface area contributed by atoms with Crippen LogP contribution in [0.5, 0.6) is 0 Å². The van der Waals surface area contributed by atoms with Crippen LogP contribution >= 0.6 is 0 Å². The van der Waals surface area contributed by atoms with Crippen LogP contribution in [0.4, 0.5) is 4.39 Å². The lowest BCUT2D eigenvalue weighted by atomic mass is 10.2. The Morgan fingerprint density at radius 1 is 1.00 bits per heavy atom. The Labute approximate surface area is 172 Å². The standard InChI is InChI=1S/C20H18FN3O5S/c21-15-3-5-16(6-4-15)30(27,28)18(17-2-1-11-29-17)13-24-20(26)19(25)23-12-14-7-9-22-10-8-14/h1-11,18H,12-13H2,(H,23,25)(H,24,26). The van der Waals surface area contributed by atoms with Gasteiger partial charge in [0.05, 0.1) is 11.2 Å². The summed E-state index contributed by atoms with van der Waals surface area (Å²) in [6.07, 6.45) is 4.40. The molecule has 1 atom stereocenters. The van der Waals surface area contributed by atoms with E-state index in [1.54, 1.807) is 24.5 Å². The molecule has 3 aromatic rings. The molecule has 2 amide bonds. The Morgan fingerprint density at radius 3 is 2.30 bits per heavy atom. The van der Waals surface area contributed by atoms with Gasteiger partial charge in [-0.2, -0.15) is 0 Å². The van der Waals surface area contributed by atoms with Crippen LogP contribution in [0.2, 0.25) is 0 Å². The molecule has 0 saturated heterocycles. The summed E-state index contributed by atoms with van der Waals surface area (Å²) in [5, 5.41) is 3.46. The Balaban J connectivity index is 1.69. The van der Waals surface area contributed by atoms with Crippen molar-refractivity contribution < 1.29 is 26.8 Å². The molecule has 0 saturated carbocycles. The van der Waals surface area contributed by atoms with E-state index < -0.39 is 39.3 Å². The number of hydrogen-bond donors (Lipinski definition) is 2. The molecule has 0 fully saturated rings. The van der Waals surface area contributed by atoms with Gasteiger partial charge in [-0.25, -0.2) is 12.8 Å². The maximum Gasteiger partial charge on any atom is 0.309 e. The number of rotatable bonds is 7. The zero-order valence-electron chi connectivity index (χ0n) is 15.6. The van der Waals surface area contributed by atoms with Gasteiger partial charge in [0.25, 0.3) is 0 Å². The smallest absolute Gasteiger partial charge is 0.309 e. The van der Waals surface area contributed by atoms with Gasteiger partial charge < -0.3 is 15.1 Å². The predicted octanol–water partition coefficient (Wildman–Crippen LogP) is 1.76. The predicted molar refractivity (Wildman–Crippen MR) is 104 cm³/mol. The third-order valence-corrected chi connectivity index (χ3v) is 6.31. The lowest BCUT2D eigenvalue weighted by molar-refractivity contribution is -0.139. The van der Waals surface area contributed by atoms with E-state index in [-0.39, 0.29) is 17.2 Å². The molecule has 2 heterocycles. The van der Waals surface area contributed by atoms with Crippen molar-refractivity contribution in [1.82, 2.24) is 15.6 Å². The molecule has 0 aliphatic rings. The van der Waals surface area contributed by atoms with Gasteiger partial charge in [0.1, 0.15) is 16.8 Å². The minimum absolute atomic E-state index is 0.0804. The van der Waals surface area contributed by atoms with Crippen molar-refractivity contribution in [2.75, 3.05) is 6.54 Å². The van der Waals surface area contributed by atoms with Gasteiger partial charge in [0.2, 0.25) is 0 Å². The Kier molecular flexibility index (Phi) is 6.58. The molecule has 0 radical (unpaired) electrons. The first-order valence-electron chi connectivity index (χ1n) is 8.85. The fourth-order valence-corrected chi connectivity index (χ4v) is 4.24. The van der Waals surface area contributed by atoms with E-state index in [1.165, 1.54) is 18.4 Å². The second kappa shape index (κ2) is 9.31. The van der Waals surface area contributed by atoms with E-state index in [0.717, 1.165) is 29.8 Å². The van der Waals surface area contributed by atoms with Crippen LogP contribution in [0.3, 0.4) is 0 Å². The number of nitrogens with zero attached hydrogens (tertiary/aromatic N) is 1. The number of amides is 2. The zero-order valence-corrected chi connectivity index (χ0v) is 16.4. The number of halogens is 1. The van der Waals surface area contributed by atoms with Crippen molar-refractivity contribution >= 4 is 21.7 Å². The number of hydrogen-bond acceptors (Lipinski definition) is 6. The van der Waals surface area contributed by atoms with E-state index in [2.05, 4.69) is 15.6 Å². The molecule has 2 N–H and O–H groups in total. The normalized spacial score (nSPS) is 12.2. The van der Waals surface area contributed by atoms with E-state index in [0.29, 0.717) is 0 Å². The molecule has 1 unspecified atom stereocenters. The highest BCUT2D eigenvalue weighted by molar-refractivity contribution is 7.91. The van der Waals surface area contributed by atoms with E-state index in [1.807, 2.05) is 0 Å². The van der Waals surface area contributed by atoms with E-state index in [9.17, 15) is 22.4 Å². The summed E-state index contributed by atoms with van der Waals surface area (Å²) < 4.78 is 44.4. The molecule has 0 spiro atoms. The molecular formula is C20H18FN3O5S. The van der Waals surface area contributed by atoms with Gasteiger partial charge in [-0.3, -0.25) is 14.6 Å². The number of benzene rings is 1. The average molecular weight is 431 g/mol. The van der Waals surface area contributed by atoms with Crippen LogP contribution < -0.4 is 10.6 Å². The van der Waals surface area contributed by atoms with Gasteiger partial charge in [0.15, 0.2) is 9.84 Å². The quantitative estimate of drug-likeness (QED) is 0.435. The topological polar surface area (TPSA) is 118 Å². The molecule has 156 valence electrons. The highest BCUT2D eigenvalue weighted by atomic mass is 32.2. The largest absolute Gasteiger partial charge is 0.468 e. The van der Waals surface area contributed by atoms with Crippen LogP contribution in [0.25, 0.3) is 0 Å². The first-order chi connectivity index (χ1) is 14.4. The van der Waals surface area contributed by atoms with Crippen LogP contribution in [-0.2, 0) is 26.0 Å². The summed E-state index contributed by atoms with van der Waals surface area (Å²) in [4.78, 5) is 27.9. The van der Waals surface area contributed by atoms with Crippen molar-refractivity contribution in [1.29, 1.82) is 0 Å². The minimum atomic E-state index is -4.03. The molecule has 2 aromatic heterocycles. The molecule has 8 nitrogen and oxygen atoms in total. The van der Waals surface area contributed by atoms with Gasteiger partial charge in [-0.15, -0.1) is 0 Å². The summed E-state index contributed by atoms with van der Waals surface area (Å²) in [6.45, 7) is -0.293. The van der Waals surface area contributed by atoms with Crippen LogP contribution in [0.15, 0.2) is 76.5 Å². The maximum atomic E-state index is 13.2. The number of furan rings is 1. The van der Waals surface area contributed by atoms with Crippen LogP contribution in [0, 0.1) is 5.82 Å². The summed E-state index contributed by atoms with van der Waals surface area (Å²) in [6, 6.07) is 10.6. The fraction of sp³-hybridized carbons (Fsp3) is 0.150. The zero-order chi connectivity index (χ0) is 21.6. The number of nitrogens with one attached hydrogen (secondary N) is 2. The Bertz CT molecular complexity index is 1100.